The Hall–Kier alpha value is -4.53. The lowest BCUT2D eigenvalue weighted by Crippen LogP contribution is -2.31. The van der Waals surface area contributed by atoms with E-state index in [9.17, 15) is 29.7 Å². The first-order valence-electron chi connectivity index (χ1n) is 9.76. The maximum absolute atomic E-state index is 12.5. The van der Waals surface area contributed by atoms with Gasteiger partial charge in [-0.3, -0.25) is 0 Å². The number of hydrogen-bond acceptors (Lipinski definition) is 9. The molecule has 0 aromatic heterocycles. The third-order valence-electron chi connectivity index (χ3n) is 4.45. The molecule has 0 aliphatic heterocycles. The quantitative estimate of drug-likeness (QED) is 0.347. The molecule has 0 aliphatic rings. The summed E-state index contributed by atoms with van der Waals surface area (Å²) in [6.45, 7) is -1.03. The van der Waals surface area contributed by atoms with Crippen LogP contribution in [0, 0.1) is 0 Å². The molecule has 3 aromatic rings. The van der Waals surface area contributed by atoms with Crippen molar-refractivity contribution in [2.45, 2.75) is 6.10 Å². The van der Waals surface area contributed by atoms with Crippen molar-refractivity contribution in [1.82, 2.24) is 0 Å². The number of carbonyl (C=O) groups is 3. The molecule has 9 nitrogen and oxygen atoms in total. The second kappa shape index (κ2) is 10.7. The van der Waals surface area contributed by atoms with E-state index in [1.165, 1.54) is 72.8 Å². The van der Waals surface area contributed by atoms with Crippen LogP contribution in [0.25, 0.3) is 0 Å². The molecule has 33 heavy (non-hydrogen) atoms. The molecule has 3 aromatic carbocycles. The van der Waals surface area contributed by atoms with E-state index in [0.717, 1.165) is 0 Å². The molecule has 9 heteroatoms. The lowest BCUT2D eigenvalue weighted by molar-refractivity contribution is -0.0256. The number of ether oxygens (including phenoxy) is 3. The van der Waals surface area contributed by atoms with Gasteiger partial charge < -0.3 is 29.5 Å². The SMILES string of the molecule is O=C(OCC(COC(=O)c1ccccc1O)OC(=O)c1ccccc1O)c1ccccc1O. The molecule has 0 fully saturated rings. The predicted molar refractivity (Wildman–Crippen MR) is 114 cm³/mol. The summed E-state index contributed by atoms with van der Waals surface area (Å²) < 4.78 is 15.5. The van der Waals surface area contributed by atoms with Gasteiger partial charge in [0.25, 0.3) is 0 Å². The minimum atomic E-state index is -1.25. The van der Waals surface area contributed by atoms with Crippen LogP contribution in [0.5, 0.6) is 17.2 Å². The van der Waals surface area contributed by atoms with Gasteiger partial charge in [-0.15, -0.1) is 0 Å². The van der Waals surface area contributed by atoms with Crippen LogP contribution in [0.4, 0.5) is 0 Å². The molecule has 0 saturated carbocycles. The van der Waals surface area contributed by atoms with Gasteiger partial charge in [0.05, 0.1) is 0 Å². The van der Waals surface area contributed by atoms with Crippen LogP contribution < -0.4 is 0 Å². The van der Waals surface area contributed by atoms with Crippen LogP contribution >= 0.6 is 0 Å². The van der Waals surface area contributed by atoms with Gasteiger partial charge in [0.1, 0.15) is 47.2 Å². The summed E-state index contributed by atoms with van der Waals surface area (Å²) in [4.78, 5) is 37.0. The highest BCUT2D eigenvalue weighted by Crippen LogP contribution is 2.20. The topological polar surface area (TPSA) is 140 Å². The molecule has 3 rings (SSSR count). The van der Waals surface area contributed by atoms with Crippen LogP contribution in [0.2, 0.25) is 0 Å². The number of phenols is 3. The van der Waals surface area contributed by atoms with E-state index in [0.29, 0.717) is 0 Å². The van der Waals surface area contributed by atoms with Crippen LogP contribution in [0.1, 0.15) is 31.1 Å². The molecule has 0 aliphatic carbocycles. The van der Waals surface area contributed by atoms with E-state index < -0.39 is 37.2 Å². The minimum absolute atomic E-state index is 0.102. The van der Waals surface area contributed by atoms with E-state index in [1.54, 1.807) is 0 Å². The van der Waals surface area contributed by atoms with E-state index in [2.05, 4.69) is 0 Å². The molecular formula is C24H20O9. The average Bonchev–Trinajstić information content (AvgIpc) is 2.81. The van der Waals surface area contributed by atoms with Gasteiger partial charge in [-0.1, -0.05) is 36.4 Å². The van der Waals surface area contributed by atoms with Crippen LogP contribution in [-0.4, -0.2) is 52.5 Å². The average molecular weight is 452 g/mol. The third-order valence-corrected chi connectivity index (χ3v) is 4.45. The fourth-order valence-electron chi connectivity index (χ4n) is 2.76. The lowest BCUT2D eigenvalue weighted by Gasteiger charge is -2.18. The Labute approximate surface area is 188 Å². The zero-order valence-corrected chi connectivity index (χ0v) is 17.2. The Bertz CT molecular complexity index is 1090. The van der Waals surface area contributed by atoms with Crippen molar-refractivity contribution < 1.29 is 43.9 Å². The Morgan fingerprint density at radius 2 is 0.909 bits per heavy atom. The number of esters is 3. The third kappa shape index (κ3) is 6.01. The molecule has 0 unspecified atom stereocenters. The van der Waals surface area contributed by atoms with Gasteiger partial charge in [-0.2, -0.15) is 0 Å². The Morgan fingerprint density at radius 1 is 0.576 bits per heavy atom. The maximum Gasteiger partial charge on any atom is 0.342 e. The van der Waals surface area contributed by atoms with E-state index in [-0.39, 0.29) is 33.9 Å². The summed E-state index contributed by atoms with van der Waals surface area (Å²) >= 11 is 0. The summed E-state index contributed by atoms with van der Waals surface area (Å²) in [6.07, 6.45) is -1.25. The molecule has 0 atom stereocenters. The molecule has 3 N–H and O–H groups in total. The molecule has 0 bridgehead atoms. The number of para-hydroxylation sites is 3. The highest BCUT2D eigenvalue weighted by Gasteiger charge is 2.24. The first kappa shape index (κ1) is 23.1. The molecule has 170 valence electrons. The second-order valence-electron chi connectivity index (χ2n) is 6.78. The number of phenolic OH excluding ortho intramolecular Hbond substituents is 3. The van der Waals surface area contributed by atoms with Crippen molar-refractivity contribution in [3.63, 3.8) is 0 Å². The Morgan fingerprint density at radius 3 is 1.27 bits per heavy atom. The largest absolute Gasteiger partial charge is 0.507 e. The molecular weight excluding hydrogens is 432 g/mol. The van der Waals surface area contributed by atoms with E-state index in [4.69, 9.17) is 14.2 Å². The lowest BCUT2D eigenvalue weighted by atomic mass is 10.2. The number of benzene rings is 3. The Kier molecular flexibility index (Phi) is 7.48. The summed E-state index contributed by atoms with van der Waals surface area (Å²) in [5.41, 5.74) is -0.342. The van der Waals surface area contributed by atoms with Crippen molar-refractivity contribution >= 4 is 17.9 Å². The zero-order valence-electron chi connectivity index (χ0n) is 17.2. The Balaban J connectivity index is 1.71. The van der Waals surface area contributed by atoms with Crippen LogP contribution in [-0.2, 0) is 14.2 Å². The number of rotatable bonds is 8. The van der Waals surface area contributed by atoms with Crippen molar-refractivity contribution in [3.8, 4) is 17.2 Å². The van der Waals surface area contributed by atoms with Gasteiger partial charge in [0.2, 0.25) is 0 Å². The van der Waals surface area contributed by atoms with Gasteiger partial charge in [-0.25, -0.2) is 14.4 Å². The van der Waals surface area contributed by atoms with E-state index in [1.807, 2.05) is 0 Å². The minimum Gasteiger partial charge on any atom is -0.507 e. The smallest absolute Gasteiger partial charge is 0.342 e. The van der Waals surface area contributed by atoms with E-state index >= 15 is 0 Å². The zero-order chi connectivity index (χ0) is 23.8. The standard InChI is InChI=1S/C24H20O9/c25-19-10-4-1-7-16(19)22(28)31-13-15(33-24(30)18-9-3-6-12-21(18)27)14-32-23(29)17-8-2-5-11-20(17)26/h1-12,15,25-27H,13-14H2. The van der Waals surface area contributed by atoms with Gasteiger partial charge in [-0.05, 0) is 36.4 Å². The van der Waals surface area contributed by atoms with Crippen LogP contribution in [0.15, 0.2) is 72.8 Å². The van der Waals surface area contributed by atoms with Gasteiger partial charge in [0, 0.05) is 0 Å². The number of carbonyl (C=O) groups excluding carboxylic acids is 3. The second-order valence-corrected chi connectivity index (χ2v) is 6.78. The number of hydrogen-bond donors (Lipinski definition) is 3. The molecule has 0 heterocycles. The normalized spacial score (nSPS) is 10.5. The predicted octanol–water partition coefficient (Wildman–Crippen LogP) is 3.04. The number of aromatic hydroxyl groups is 3. The summed E-state index contributed by atoms with van der Waals surface area (Å²) in [7, 11) is 0. The summed E-state index contributed by atoms with van der Waals surface area (Å²) in [5.74, 6) is -3.62. The van der Waals surface area contributed by atoms with Crippen molar-refractivity contribution in [1.29, 1.82) is 0 Å². The fourth-order valence-corrected chi connectivity index (χ4v) is 2.76. The summed E-state index contributed by atoms with van der Waals surface area (Å²) in [6, 6.07) is 17.1. The van der Waals surface area contributed by atoms with Crippen molar-refractivity contribution in [2.24, 2.45) is 0 Å². The molecule has 0 amide bonds. The highest BCUT2D eigenvalue weighted by molar-refractivity contribution is 5.94. The fraction of sp³-hybridized carbons (Fsp3) is 0.125. The highest BCUT2D eigenvalue weighted by atomic mass is 16.6. The van der Waals surface area contributed by atoms with Crippen LogP contribution in [0.3, 0.4) is 0 Å². The maximum atomic E-state index is 12.5. The first-order chi connectivity index (χ1) is 15.9. The first-order valence-corrected chi connectivity index (χ1v) is 9.76. The summed E-state index contributed by atoms with van der Waals surface area (Å²) in [5, 5.41) is 29.4. The molecule has 0 saturated heterocycles. The van der Waals surface area contributed by atoms with Crippen molar-refractivity contribution in [2.75, 3.05) is 13.2 Å². The molecule has 0 radical (unpaired) electrons. The van der Waals surface area contributed by atoms with Crippen molar-refractivity contribution in [3.05, 3.63) is 89.5 Å². The monoisotopic (exact) mass is 452 g/mol. The van der Waals surface area contributed by atoms with Gasteiger partial charge >= 0.3 is 17.9 Å². The molecule has 0 spiro atoms. The van der Waals surface area contributed by atoms with Gasteiger partial charge in [0.15, 0.2) is 6.10 Å².